The van der Waals surface area contributed by atoms with Crippen molar-refractivity contribution >= 4 is 5.97 Å². The Morgan fingerprint density at radius 3 is 1.54 bits per heavy atom. The van der Waals surface area contributed by atoms with Crippen LogP contribution >= 0.6 is 0 Å². The van der Waals surface area contributed by atoms with Crippen LogP contribution in [0.2, 0.25) is 0 Å². The molecule has 0 spiro atoms. The van der Waals surface area contributed by atoms with Crippen LogP contribution in [-0.4, -0.2) is 13.1 Å². The third-order valence-electron chi connectivity index (χ3n) is 5.29. The van der Waals surface area contributed by atoms with Gasteiger partial charge in [-0.15, -0.1) is 0 Å². The maximum absolute atomic E-state index is 12.5. The summed E-state index contributed by atoms with van der Waals surface area (Å²) in [6.45, 7) is 6.58. The van der Waals surface area contributed by atoms with Crippen molar-refractivity contribution in [2.75, 3.05) is 7.11 Å². The van der Waals surface area contributed by atoms with E-state index in [1.54, 1.807) is 0 Å². The van der Waals surface area contributed by atoms with Gasteiger partial charge >= 0.3 is 5.97 Å². The number of carbonyl (C=O) groups excluding carboxylic acids is 1. The number of hydrogen-bond donors (Lipinski definition) is 0. The average molecular weight is 343 g/mol. The van der Waals surface area contributed by atoms with E-state index in [2.05, 4.69) is 25.7 Å². The van der Waals surface area contributed by atoms with Crippen LogP contribution in [0.3, 0.4) is 0 Å². The van der Waals surface area contributed by atoms with E-state index >= 15 is 0 Å². The van der Waals surface area contributed by atoms with Gasteiger partial charge in [-0.05, 0) is 19.3 Å². The number of unbranched alkanes of at least 4 members (excludes halogenated alkanes) is 10. The van der Waals surface area contributed by atoms with Crippen molar-refractivity contribution in [2.24, 2.45) is 5.41 Å². The van der Waals surface area contributed by atoms with Crippen molar-refractivity contribution in [3.8, 4) is 0 Å². The van der Waals surface area contributed by atoms with E-state index in [9.17, 15) is 4.79 Å². The zero-order valence-corrected chi connectivity index (χ0v) is 16.8. The van der Waals surface area contributed by atoms with Gasteiger partial charge < -0.3 is 0 Å². The Morgan fingerprint density at radius 1 is 0.708 bits per heavy atom. The maximum atomic E-state index is 12.5. The minimum Gasteiger partial charge on any atom is -0.298 e. The van der Waals surface area contributed by atoms with Gasteiger partial charge in [0.1, 0.15) is 0 Å². The number of rotatable bonds is 17. The molecule has 0 bridgehead atoms. The molecule has 0 fully saturated rings. The Hall–Kier alpha value is -0.570. The summed E-state index contributed by atoms with van der Waals surface area (Å²) in [6, 6.07) is 0. The molecule has 144 valence electrons. The molecule has 0 aromatic heterocycles. The lowest BCUT2D eigenvalue weighted by molar-refractivity contribution is -0.266. The highest BCUT2D eigenvalue weighted by Gasteiger charge is 2.37. The van der Waals surface area contributed by atoms with Crippen LogP contribution in [0.15, 0.2) is 0 Å². The Bertz CT molecular complexity index is 291. The second kappa shape index (κ2) is 15.9. The summed E-state index contributed by atoms with van der Waals surface area (Å²) in [5, 5.41) is 0. The van der Waals surface area contributed by atoms with Gasteiger partial charge in [-0.3, -0.25) is 4.89 Å². The third-order valence-corrected chi connectivity index (χ3v) is 5.29. The average Bonchev–Trinajstić information content (AvgIpc) is 2.59. The molecule has 3 heteroatoms. The van der Waals surface area contributed by atoms with E-state index in [1.807, 2.05) is 0 Å². The fraction of sp³-hybridized carbons (Fsp3) is 0.952. The molecule has 0 N–H and O–H groups in total. The highest BCUT2D eigenvalue weighted by molar-refractivity contribution is 5.76. The quantitative estimate of drug-likeness (QED) is 0.162. The molecule has 0 heterocycles. The Balaban J connectivity index is 4.24. The van der Waals surface area contributed by atoms with Crippen molar-refractivity contribution in [1.29, 1.82) is 0 Å². The largest absolute Gasteiger partial charge is 0.348 e. The normalized spacial score (nSPS) is 13.7. The van der Waals surface area contributed by atoms with Gasteiger partial charge in [0.25, 0.3) is 0 Å². The topological polar surface area (TPSA) is 35.5 Å². The van der Waals surface area contributed by atoms with Crippen LogP contribution in [0.1, 0.15) is 117 Å². The fourth-order valence-electron chi connectivity index (χ4n) is 3.48. The highest BCUT2D eigenvalue weighted by atomic mass is 17.2. The molecule has 0 aliphatic carbocycles. The summed E-state index contributed by atoms with van der Waals surface area (Å²) in [4.78, 5) is 22.1. The highest BCUT2D eigenvalue weighted by Crippen LogP contribution is 2.37. The van der Waals surface area contributed by atoms with Crippen LogP contribution in [0, 0.1) is 5.41 Å². The summed E-state index contributed by atoms with van der Waals surface area (Å²) >= 11 is 0. The first kappa shape index (κ1) is 23.4. The van der Waals surface area contributed by atoms with Crippen molar-refractivity contribution in [3.63, 3.8) is 0 Å². The second-order valence-corrected chi connectivity index (χ2v) is 7.21. The first-order valence-electron chi connectivity index (χ1n) is 10.4. The predicted molar refractivity (Wildman–Crippen MR) is 102 cm³/mol. The van der Waals surface area contributed by atoms with Crippen LogP contribution < -0.4 is 0 Å². The molecule has 0 radical (unpaired) electrons. The number of carbonyl (C=O) groups is 1. The van der Waals surface area contributed by atoms with E-state index in [-0.39, 0.29) is 11.4 Å². The lowest BCUT2D eigenvalue weighted by Crippen LogP contribution is -2.32. The second-order valence-electron chi connectivity index (χ2n) is 7.21. The molecule has 0 amide bonds. The van der Waals surface area contributed by atoms with E-state index < -0.39 is 0 Å². The van der Waals surface area contributed by atoms with Crippen LogP contribution in [0.25, 0.3) is 0 Å². The lowest BCUT2D eigenvalue weighted by Gasteiger charge is -2.29. The summed E-state index contributed by atoms with van der Waals surface area (Å²) in [5.41, 5.74) is -0.341. The summed E-state index contributed by atoms with van der Waals surface area (Å²) in [6.07, 6.45) is 17.9. The van der Waals surface area contributed by atoms with Gasteiger partial charge in [0.05, 0.1) is 12.5 Å². The van der Waals surface area contributed by atoms with Crippen LogP contribution in [0.4, 0.5) is 0 Å². The van der Waals surface area contributed by atoms with Gasteiger partial charge in [0, 0.05) is 0 Å². The van der Waals surface area contributed by atoms with Gasteiger partial charge in [-0.2, -0.15) is 4.89 Å². The van der Waals surface area contributed by atoms with E-state index in [4.69, 9.17) is 4.89 Å². The van der Waals surface area contributed by atoms with Gasteiger partial charge in [0.2, 0.25) is 0 Å². The zero-order chi connectivity index (χ0) is 18.1. The molecule has 1 unspecified atom stereocenters. The summed E-state index contributed by atoms with van der Waals surface area (Å²) in [7, 11) is 1.42. The van der Waals surface area contributed by atoms with Gasteiger partial charge in [-0.1, -0.05) is 97.8 Å². The molecular weight excluding hydrogens is 300 g/mol. The van der Waals surface area contributed by atoms with Crippen molar-refractivity contribution in [2.45, 2.75) is 117 Å². The van der Waals surface area contributed by atoms with E-state index in [0.29, 0.717) is 0 Å². The number of hydrogen-bond acceptors (Lipinski definition) is 3. The molecule has 0 saturated heterocycles. The first-order valence-corrected chi connectivity index (χ1v) is 10.4. The predicted octanol–water partition coefficient (Wildman–Crippen LogP) is 6.99. The molecule has 0 aliphatic heterocycles. The Kier molecular flexibility index (Phi) is 15.6. The van der Waals surface area contributed by atoms with Gasteiger partial charge in [-0.25, -0.2) is 4.79 Å². The molecule has 0 aliphatic rings. The van der Waals surface area contributed by atoms with Crippen LogP contribution in [-0.2, 0) is 14.6 Å². The lowest BCUT2D eigenvalue weighted by atomic mass is 9.75. The molecule has 1 atom stereocenters. The molecule has 0 aromatic rings. The van der Waals surface area contributed by atoms with Crippen molar-refractivity contribution in [3.05, 3.63) is 0 Å². The molecule has 24 heavy (non-hydrogen) atoms. The minimum absolute atomic E-state index is 0.160. The van der Waals surface area contributed by atoms with E-state index in [1.165, 1.54) is 71.3 Å². The first-order chi connectivity index (χ1) is 11.7. The zero-order valence-electron chi connectivity index (χ0n) is 16.8. The van der Waals surface area contributed by atoms with Gasteiger partial charge in [0.15, 0.2) is 0 Å². The van der Waals surface area contributed by atoms with Crippen LogP contribution in [0.5, 0.6) is 0 Å². The SMILES string of the molecule is CCCCCCCCCCC(CC)(CCCCCC)C(=O)OOC. The minimum atomic E-state index is -0.341. The molecule has 0 rings (SSSR count). The maximum Gasteiger partial charge on any atom is 0.348 e. The standard InChI is InChI=1S/C21H42O3/c1-5-8-10-12-13-14-15-17-19-21(7-3,20(22)24-23-4)18-16-11-9-6-2/h5-19H2,1-4H3. The monoisotopic (exact) mass is 342 g/mol. The smallest absolute Gasteiger partial charge is 0.298 e. The molecule has 3 nitrogen and oxygen atoms in total. The molecular formula is C21H42O3. The third kappa shape index (κ3) is 10.3. The summed E-state index contributed by atoms with van der Waals surface area (Å²) < 4.78 is 0. The van der Waals surface area contributed by atoms with E-state index in [0.717, 1.165) is 32.1 Å². The fourth-order valence-corrected chi connectivity index (χ4v) is 3.48. The molecule has 0 saturated carbocycles. The summed E-state index contributed by atoms with van der Waals surface area (Å²) in [5.74, 6) is -0.160. The Morgan fingerprint density at radius 2 is 1.12 bits per heavy atom. The molecule has 0 aromatic carbocycles. The van der Waals surface area contributed by atoms with Crippen molar-refractivity contribution < 1.29 is 14.6 Å². The van der Waals surface area contributed by atoms with Crippen molar-refractivity contribution in [1.82, 2.24) is 0 Å². The Labute approximate surface area is 150 Å².